The molecule has 1 aromatic carbocycles. The Balaban J connectivity index is 2.54. The topological polar surface area (TPSA) is 30.2 Å². The van der Waals surface area contributed by atoms with Crippen molar-refractivity contribution in [3.8, 4) is 0 Å². The van der Waals surface area contributed by atoms with Crippen LogP contribution in [0.5, 0.6) is 0 Å². The molecule has 0 aliphatic rings. The number of rotatable bonds is 2. The Bertz CT molecular complexity index is 440. The molecule has 0 amide bonds. The molecule has 0 aliphatic heterocycles. The van der Waals surface area contributed by atoms with Gasteiger partial charge in [-0.05, 0) is 12.5 Å². The SMILES string of the molecule is CC(=O)Cc1cccc2co[c]c12. The smallest absolute Gasteiger partial charge is 0.177 e. The molecule has 0 saturated heterocycles. The van der Waals surface area contributed by atoms with Crippen LogP contribution < -0.4 is 0 Å². The third-order valence-electron chi connectivity index (χ3n) is 1.97. The van der Waals surface area contributed by atoms with E-state index < -0.39 is 0 Å². The Morgan fingerprint density at radius 3 is 3.15 bits per heavy atom. The number of carbonyl (C=O) groups is 1. The van der Waals surface area contributed by atoms with Gasteiger partial charge in [0.2, 0.25) is 0 Å². The van der Waals surface area contributed by atoms with E-state index in [4.69, 9.17) is 4.42 Å². The second-order valence-electron chi connectivity index (χ2n) is 3.10. The second kappa shape index (κ2) is 3.05. The predicted octanol–water partition coefficient (Wildman–Crippen LogP) is 2.36. The molecule has 1 radical (unpaired) electrons. The molecular weight excluding hydrogens is 164 g/mol. The minimum atomic E-state index is 0.155. The molecule has 0 bridgehead atoms. The highest BCUT2D eigenvalue weighted by Gasteiger charge is 2.04. The summed E-state index contributed by atoms with van der Waals surface area (Å²) in [6.45, 7) is 1.58. The van der Waals surface area contributed by atoms with Crippen LogP contribution in [0.1, 0.15) is 12.5 Å². The largest absolute Gasteiger partial charge is 0.460 e. The molecular formula is C11H9O2. The molecule has 0 atom stereocenters. The van der Waals surface area contributed by atoms with Gasteiger partial charge in [-0.1, -0.05) is 18.2 Å². The van der Waals surface area contributed by atoms with Crippen molar-refractivity contribution in [3.63, 3.8) is 0 Å². The lowest BCUT2D eigenvalue weighted by molar-refractivity contribution is -0.116. The number of hydrogen-bond acceptors (Lipinski definition) is 2. The molecule has 0 aliphatic carbocycles. The third-order valence-corrected chi connectivity index (χ3v) is 1.97. The molecule has 1 aromatic heterocycles. The summed E-state index contributed by atoms with van der Waals surface area (Å²) in [6, 6.07) is 5.79. The summed E-state index contributed by atoms with van der Waals surface area (Å²) in [5.41, 5.74) is 0.985. The van der Waals surface area contributed by atoms with Crippen molar-refractivity contribution in [2.24, 2.45) is 0 Å². The van der Waals surface area contributed by atoms with Gasteiger partial charge in [-0.3, -0.25) is 4.79 Å². The van der Waals surface area contributed by atoms with Crippen molar-refractivity contribution in [3.05, 3.63) is 36.3 Å². The predicted molar refractivity (Wildman–Crippen MR) is 49.4 cm³/mol. The molecule has 13 heavy (non-hydrogen) atoms. The molecule has 65 valence electrons. The first-order chi connectivity index (χ1) is 6.27. The standard InChI is InChI=1S/C11H9O2/c1-8(12)5-9-3-2-4-10-6-13-7-11(9)10/h2-4,6H,5H2,1H3. The van der Waals surface area contributed by atoms with Crippen molar-refractivity contribution in [1.29, 1.82) is 0 Å². The van der Waals surface area contributed by atoms with E-state index >= 15 is 0 Å². The van der Waals surface area contributed by atoms with Gasteiger partial charge in [-0.2, -0.15) is 0 Å². The van der Waals surface area contributed by atoms with Crippen molar-refractivity contribution < 1.29 is 9.21 Å². The van der Waals surface area contributed by atoms with Gasteiger partial charge in [-0.25, -0.2) is 0 Å². The lowest BCUT2D eigenvalue weighted by Gasteiger charge is -1.97. The van der Waals surface area contributed by atoms with E-state index in [0.717, 1.165) is 16.3 Å². The number of carbonyl (C=O) groups excluding carboxylic acids is 1. The van der Waals surface area contributed by atoms with Gasteiger partial charge in [0.05, 0.1) is 6.26 Å². The van der Waals surface area contributed by atoms with E-state index in [2.05, 4.69) is 6.26 Å². The van der Waals surface area contributed by atoms with Gasteiger partial charge in [0.1, 0.15) is 5.78 Å². The summed E-state index contributed by atoms with van der Waals surface area (Å²) in [4.78, 5) is 10.9. The number of benzene rings is 1. The number of furan rings is 1. The number of ketones is 1. The lowest BCUT2D eigenvalue weighted by Crippen LogP contribution is -1.95. The maximum absolute atomic E-state index is 10.9. The number of hydrogen-bond donors (Lipinski definition) is 0. The molecule has 2 rings (SSSR count). The molecule has 1 heterocycles. The van der Waals surface area contributed by atoms with Crippen LogP contribution in [0.4, 0.5) is 0 Å². The Morgan fingerprint density at radius 2 is 2.38 bits per heavy atom. The molecule has 0 fully saturated rings. The van der Waals surface area contributed by atoms with Crippen molar-refractivity contribution in [2.75, 3.05) is 0 Å². The van der Waals surface area contributed by atoms with Crippen molar-refractivity contribution in [2.45, 2.75) is 13.3 Å². The fraction of sp³-hybridized carbons (Fsp3) is 0.182. The van der Waals surface area contributed by atoms with E-state index in [0.29, 0.717) is 6.42 Å². The zero-order valence-electron chi connectivity index (χ0n) is 7.33. The Labute approximate surface area is 76.2 Å². The highest BCUT2D eigenvalue weighted by Crippen LogP contribution is 2.19. The first-order valence-corrected chi connectivity index (χ1v) is 4.13. The summed E-state index contributed by atoms with van der Waals surface area (Å²) in [6.07, 6.45) is 4.86. The summed E-state index contributed by atoms with van der Waals surface area (Å²) in [7, 11) is 0. The minimum absolute atomic E-state index is 0.155. The molecule has 2 aromatic rings. The molecule has 2 heteroatoms. The van der Waals surface area contributed by atoms with Gasteiger partial charge >= 0.3 is 0 Å². The van der Waals surface area contributed by atoms with Crippen LogP contribution in [0.3, 0.4) is 0 Å². The van der Waals surface area contributed by atoms with Crippen LogP contribution in [-0.4, -0.2) is 5.78 Å². The monoisotopic (exact) mass is 173 g/mol. The van der Waals surface area contributed by atoms with Gasteiger partial charge in [-0.15, -0.1) is 0 Å². The van der Waals surface area contributed by atoms with Gasteiger partial charge < -0.3 is 4.42 Å². The fourth-order valence-corrected chi connectivity index (χ4v) is 1.41. The normalized spacial score (nSPS) is 10.5. The van der Waals surface area contributed by atoms with Crippen LogP contribution in [0.2, 0.25) is 0 Å². The zero-order chi connectivity index (χ0) is 9.26. The number of fused-ring (bicyclic) bond motifs is 1. The minimum Gasteiger partial charge on any atom is -0.460 e. The van der Waals surface area contributed by atoms with Crippen LogP contribution in [-0.2, 0) is 11.2 Å². The second-order valence-corrected chi connectivity index (χ2v) is 3.10. The highest BCUT2D eigenvalue weighted by atomic mass is 16.3. The summed E-state index contributed by atoms with van der Waals surface area (Å²) in [5, 5.41) is 1.91. The zero-order valence-corrected chi connectivity index (χ0v) is 7.33. The van der Waals surface area contributed by atoms with E-state index in [1.807, 2.05) is 18.2 Å². The summed E-state index contributed by atoms with van der Waals surface area (Å²) >= 11 is 0. The van der Waals surface area contributed by atoms with Crippen LogP contribution >= 0.6 is 0 Å². The molecule has 2 nitrogen and oxygen atoms in total. The maximum atomic E-state index is 10.9. The molecule has 0 saturated carbocycles. The average molecular weight is 173 g/mol. The fourth-order valence-electron chi connectivity index (χ4n) is 1.41. The average Bonchev–Trinajstić information content (AvgIpc) is 2.51. The van der Waals surface area contributed by atoms with Gasteiger partial charge in [0.15, 0.2) is 6.26 Å². The highest BCUT2D eigenvalue weighted by molar-refractivity contribution is 5.88. The van der Waals surface area contributed by atoms with Gasteiger partial charge in [0, 0.05) is 17.2 Å². The molecule has 0 spiro atoms. The molecule has 0 unspecified atom stereocenters. The Hall–Kier alpha value is -1.57. The lowest BCUT2D eigenvalue weighted by atomic mass is 10.0. The quantitative estimate of drug-likeness (QED) is 0.697. The van der Waals surface area contributed by atoms with E-state index in [9.17, 15) is 4.79 Å². The van der Waals surface area contributed by atoms with Crippen LogP contribution in [0.15, 0.2) is 28.9 Å². The van der Waals surface area contributed by atoms with Crippen LogP contribution in [0, 0.1) is 6.26 Å². The Kier molecular flexibility index (Phi) is 1.89. The first kappa shape index (κ1) is 8.05. The molecule has 0 N–H and O–H groups in total. The van der Waals surface area contributed by atoms with E-state index in [1.165, 1.54) is 0 Å². The van der Waals surface area contributed by atoms with Gasteiger partial charge in [0.25, 0.3) is 0 Å². The summed E-state index contributed by atoms with van der Waals surface area (Å²) < 4.78 is 4.95. The third kappa shape index (κ3) is 1.47. The van der Waals surface area contributed by atoms with Crippen molar-refractivity contribution >= 4 is 16.6 Å². The summed E-state index contributed by atoms with van der Waals surface area (Å²) in [5.74, 6) is 0.155. The first-order valence-electron chi connectivity index (χ1n) is 4.13. The van der Waals surface area contributed by atoms with Crippen LogP contribution in [0.25, 0.3) is 10.8 Å². The van der Waals surface area contributed by atoms with E-state index in [1.54, 1.807) is 13.2 Å². The van der Waals surface area contributed by atoms with E-state index in [-0.39, 0.29) is 5.78 Å². The Morgan fingerprint density at radius 1 is 1.54 bits per heavy atom. The van der Waals surface area contributed by atoms with Crippen molar-refractivity contribution in [1.82, 2.24) is 0 Å². The number of Topliss-reactive ketones (excluding diaryl/α,β-unsaturated/α-hetero) is 1. The maximum Gasteiger partial charge on any atom is 0.177 e.